The number of piperidine rings is 1. The fraction of sp³-hybridized carbons (Fsp3) is 0.556. The predicted octanol–water partition coefficient (Wildman–Crippen LogP) is 5.22. The van der Waals surface area contributed by atoms with E-state index < -0.39 is 38.3 Å². The number of fused-ring (bicyclic) bond motifs is 1. The Morgan fingerprint density at radius 1 is 1.18 bits per heavy atom. The number of ether oxygens (including phenoxy) is 1. The lowest BCUT2D eigenvalue weighted by Crippen LogP contribution is -2.41. The van der Waals surface area contributed by atoms with Gasteiger partial charge in [0.1, 0.15) is 23.4 Å². The molecule has 11 heteroatoms. The number of carbonyl (C=O) groups is 2. The van der Waals surface area contributed by atoms with Crippen LogP contribution in [0.4, 0.5) is 9.18 Å². The molecule has 4 rings (SSSR count). The van der Waals surface area contributed by atoms with E-state index in [1.165, 1.54) is 24.6 Å². The van der Waals surface area contributed by atoms with Gasteiger partial charge in [-0.2, -0.15) is 0 Å². The second kappa shape index (κ2) is 10.5. The number of likely N-dealkylation sites (tertiary alicyclic amines) is 1. The van der Waals surface area contributed by atoms with E-state index in [1.54, 1.807) is 11.8 Å². The Hall–Kier alpha value is -2.59. The Morgan fingerprint density at radius 3 is 2.45 bits per heavy atom. The van der Waals surface area contributed by atoms with Crippen molar-refractivity contribution in [3.05, 3.63) is 52.0 Å². The highest BCUT2D eigenvalue weighted by Gasteiger charge is 2.38. The van der Waals surface area contributed by atoms with Crippen molar-refractivity contribution in [1.82, 2.24) is 14.9 Å². The summed E-state index contributed by atoms with van der Waals surface area (Å²) >= 11 is 6.51. The number of hydrogen-bond acceptors (Lipinski definition) is 7. The van der Waals surface area contributed by atoms with Gasteiger partial charge in [0.2, 0.25) is 5.78 Å². The molecule has 0 aromatic carbocycles. The van der Waals surface area contributed by atoms with Gasteiger partial charge in [-0.1, -0.05) is 13.0 Å². The number of halogens is 2. The maximum atomic E-state index is 15.2. The number of ketones is 1. The summed E-state index contributed by atoms with van der Waals surface area (Å²) in [4.78, 5) is 36.1. The molecule has 0 spiro atoms. The second-order valence-electron chi connectivity index (χ2n) is 11.2. The van der Waals surface area contributed by atoms with E-state index in [1.807, 2.05) is 20.8 Å². The fourth-order valence-electron chi connectivity index (χ4n) is 5.27. The van der Waals surface area contributed by atoms with Crippen molar-refractivity contribution in [3.8, 4) is 0 Å². The van der Waals surface area contributed by atoms with Gasteiger partial charge in [-0.15, -0.1) is 11.6 Å². The normalized spacial score (nSPS) is 24.3. The van der Waals surface area contributed by atoms with Crippen LogP contribution in [-0.2, 0) is 14.6 Å². The Kier molecular flexibility index (Phi) is 7.87. The SMILES string of the molecule is CC1C(S(C)(=O)=O)=CC=C(C(=O)c2ncnc3c2C(F)=CC3CC2CCN(C(=O)OC(C)(C)C)CC2)C1Cl. The van der Waals surface area contributed by atoms with Gasteiger partial charge in [0.05, 0.1) is 16.6 Å². The molecule has 1 aromatic heterocycles. The number of alkyl halides is 1. The van der Waals surface area contributed by atoms with Crippen LogP contribution in [0, 0.1) is 11.8 Å². The quantitative estimate of drug-likeness (QED) is 0.356. The Morgan fingerprint density at radius 2 is 1.84 bits per heavy atom. The van der Waals surface area contributed by atoms with Gasteiger partial charge in [-0.05, 0) is 58.1 Å². The van der Waals surface area contributed by atoms with Crippen LogP contribution < -0.4 is 0 Å². The van der Waals surface area contributed by atoms with Gasteiger partial charge in [0.15, 0.2) is 9.84 Å². The van der Waals surface area contributed by atoms with Crippen LogP contribution >= 0.6 is 11.6 Å². The first-order valence-corrected chi connectivity index (χ1v) is 15.0. The van der Waals surface area contributed by atoms with Crippen LogP contribution in [0.2, 0.25) is 0 Å². The lowest BCUT2D eigenvalue weighted by molar-refractivity contribution is 0.0180. The zero-order valence-corrected chi connectivity index (χ0v) is 23.8. The maximum absolute atomic E-state index is 15.2. The molecule has 206 valence electrons. The number of nitrogens with zero attached hydrogens (tertiary/aromatic N) is 3. The van der Waals surface area contributed by atoms with E-state index in [9.17, 15) is 18.0 Å². The molecule has 2 aliphatic carbocycles. The number of amides is 1. The number of carbonyl (C=O) groups excluding carboxylic acids is 2. The molecule has 0 radical (unpaired) electrons. The van der Waals surface area contributed by atoms with Gasteiger partial charge < -0.3 is 9.64 Å². The second-order valence-corrected chi connectivity index (χ2v) is 13.7. The van der Waals surface area contributed by atoms with Gasteiger partial charge in [-0.25, -0.2) is 27.6 Å². The maximum Gasteiger partial charge on any atom is 0.410 e. The molecule has 8 nitrogen and oxygen atoms in total. The Labute approximate surface area is 227 Å². The molecule has 0 N–H and O–H groups in total. The molecule has 0 bridgehead atoms. The van der Waals surface area contributed by atoms with Crippen LogP contribution in [0.25, 0.3) is 5.83 Å². The number of Topliss-reactive ketones (excluding diaryl/α,β-unsaturated/α-hetero) is 1. The molecule has 3 unspecified atom stereocenters. The molecule has 3 aliphatic rings. The first kappa shape index (κ1) is 28.4. The average Bonchev–Trinajstić information content (AvgIpc) is 3.14. The number of aromatic nitrogens is 2. The zero-order valence-electron chi connectivity index (χ0n) is 22.2. The van der Waals surface area contributed by atoms with E-state index in [2.05, 4.69) is 9.97 Å². The van der Waals surface area contributed by atoms with Crippen molar-refractivity contribution in [2.45, 2.75) is 63.9 Å². The van der Waals surface area contributed by atoms with E-state index >= 15 is 4.39 Å². The highest BCUT2D eigenvalue weighted by molar-refractivity contribution is 7.94. The number of hydrogen-bond donors (Lipinski definition) is 0. The van der Waals surface area contributed by atoms with Crippen LogP contribution in [-0.4, -0.2) is 65.5 Å². The van der Waals surface area contributed by atoms with Gasteiger partial charge in [-0.3, -0.25) is 4.79 Å². The van der Waals surface area contributed by atoms with Gasteiger partial charge >= 0.3 is 6.09 Å². The Bertz CT molecular complexity index is 1340. The van der Waals surface area contributed by atoms with Crippen molar-refractivity contribution in [3.63, 3.8) is 0 Å². The molecule has 1 amide bonds. The fourth-order valence-corrected chi connectivity index (χ4v) is 6.78. The topological polar surface area (TPSA) is 107 Å². The van der Waals surface area contributed by atoms with Crippen LogP contribution in [0.1, 0.15) is 74.6 Å². The highest BCUT2D eigenvalue weighted by atomic mass is 35.5. The summed E-state index contributed by atoms with van der Waals surface area (Å²) in [6.45, 7) is 8.26. The molecule has 1 aliphatic heterocycles. The molecular formula is C27H33ClFN3O5S. The molecular weight excluding hydrogens is 533 g/mol. The summed E-state index contributed by atoms with van der Waals surface area (Å²) in [7, 11) is -3.48. The highest BCUT2D eigenvalue weighted by Crippen LogP contribution is 2.43. The molecule has 2 heterocycles. The van der Waals surface area contributed by atoms with Gasteiger partial charge in [0, 0.05) is 41.7 Å². The van der Waals surface area contributed by atoms with Crippen molar-refractivity contribution >= 4 is 39.1 Å². The minimum Gasteiger partial charge on any atom is -0.444 e. The van der Waals surface area contributed by atoms with Crippen LogP contribution in [0.15, 0.2) is 35.0 Å². The van der Waals surface area contributed by atoms with Crippen molar-refractivity contribution in [2.24, 2.45) is 11.8 Å². The van der Waals surface area contributed by atoms with E-state index in [0.29, 0.717) is 25.2 Å². The average molecular weight is 566 g/mol. The third kappa shape index (κ3) is 5.86. The lowest BCUT2D eigenvalue weighted by Gasteiger charge is -2.34. The third-order valence-electron chi connectivity index (χ3n) is 7.19. The molecule has 1 saturated heterocycles. The smallest absolute Gasteiger partial charge is 0.410 e. The van der Waals surface area contributed by atoms with Crippen molar-refractivity contribution in [1.29, 1.82) is 0 Å². The molecule has 1 fully saturated rings. The lowest BCUT2D eigenvalue weighted by atomic mass is 9.86. The summed E-state index contributed by atoms with van der Waals surface area (Å²) in [6, 6.07) is 0. The first-order valence-electron chi connectivity index (χ1n) is 12.7. The van der Waals surface area contributed by atoms with E-state index in [0.717, 1.165) is 19.1 Å². The van der Waals surface area contributed by atoms with E-state index in [-0.39, 0.29) is 39.7 Å². The monoisotopic (exact) mass is 565 g/mol. The van der Waals surface area contributed by atoms with Crippen molar-refractivity contribution < 1.29 is 27.1 Å². The van der Waals surface area contributed by atoms with Crippen LogP contribution in [0.3, 0.4) is 0 Å². The minimum absolute atomic E-state index is 0.0731. The van der Waals surface area contributed by atoms with E-state index in [4.69, 9.17) is 16.3 Å². The first-order chi connectivity index (χ1) is 17.7. The summed E-state index contributed by atoms with van der Waals surface area (Å²) in [5.41, 5.74) is 0.0621. The number of rotatable bonds is 5. The number of allylic oxidation sites excluding steroid dienone is 5. The number of sulfone groups is 1. The Balaban J connectivity index is 1.50. The molecule has 3 atom stereocenters. The summed E-state index contributed by atoms with van der Waals surface area (Å²) in [5.74, 6) is -1.79. The summed E-state index contributed by atoms with van der Waals surface area (Å²) in [5, 5.41) is -0.901. The largest absolute Gasteiger partial charge is 0.444 e. The molecule has 0 saturated carbocycles. The van der Waals surface area contributed by atoms with Crippen molar-refractivity contribution in [2.75, 3.05) is 19.3 Å². The molecule has 38 heavy (non-hydrogen) atoms. The summed E-state index contributed by atoms with van der Waals surface area (Å²) in [6.07, 6.45) is 8.41. The predicted molar refractivity (Wildman–Crippen MR) is 143 cm³/mol. The zero-order chi connectivity index (χ0) is 28.0. The third-order valence-corrected chi connectivity index (χ3v) is 9.16. The molecule has 1 aromatic rings. The van der Waals surface area contributed by atoms with Crippen LogP contribution in [0.5, 0.6) is 0 Å². The summed E-state index contributed by atoms with van der Waals surface area (Å²) < 4.78 is 44.8. The van der Waals surface area contributed by atoms with Gasteiger partial charge in [0.25, 0.3) is 0 Å². The minimum atomic E-state index is -3.48. The standard InChI is InChI=1S/C27H33ClFN3O5S/c1-15-20(38(5,35)36)7-6-18(22(15)28)25(33)24-21-19(29)13-17(23(21)30-14-31-24)12-16-8-10-32(11-9-16)26(34)37-27(2,3)4/h6-7,13-17,22H,8-12H2,1-5H3.